The van der Waals surface area contributed by atoms with Crippen LogP contribution in [0.25, 0.3) is 0 Å². The van der Waals surface area contributed by atoms with Crippen molar-refractivity contribution in [1.29, 1.82) is 0 Å². The van der Waals surface area contributed by atoms with Crippen molar-refractivity contribution in [3.63, 3.8) is 0 Å². The lowest BCUT2D eigenvalue weighted by Gasteiger charge is -2.31. The van der Waals surface area contributed by atoms with E-state index < -0.39 is 0 Å². The summed E-state index contributed by atoms with van der Waals surface area (Å²) < 4.78 is 5.75. The molecule has 1 fully saturated rings. The first kappa shape index (κ1) is 15.7. The number of thioether (sulfide) groups is 1. The molecule has 20 heavy (non-hydrogen) atoms. The smallest absolute Gasteiger partial charge is 0.124 e. The Bertz CT molecular complexity index is 410. The van der Waals surface area contributed by atoms with Crippen molar-refractivity contribution in [2.24, 2.45) is 0 Å². The van der Waals surface area contributed by atoms with Gasteiger partial charge in [0.25, 0.3) is 0 Å². The molecule has 1 aliphatic rings. The molecule has 0 heterocycles. The molecule has 1 saturated carbocycles. The number of hydrogen-bond acceptors (Lipinski definition) is 3. The molecule has 1 aromatic carbocycles. The quantitative estimate of drug-likeness (QED) is 0.839. The zero-order valence-corrected chi connectivity index (χ0v) is 13.7. The molecule has 112 valence electrons. The van der Waals surface area contributed by atoms with Crippen LogP contribution < -0.4 is 10.1 Å². The molecule has 0 saturated heterocycles. The summed E-state index contributed by atoms with van der Waals surface area (Å²) >= 11 is 2.02. The van der Waals surface area contributed by atoms with Crippen molar-refractivity contribution in [3.8, 4) is 5.75 Å². The molecular formula is C17H27NOS. The van der Waals surface area contributed by atoms with E-state index in [1.807, 2.05) is 24.8 Å². The van der Waals surface area contributed by atoms with Gasteiger partial charge in [-0.1, -0.05) is 24.6 Å². The SMILES string of the molecule is CCOc1ccccc1C(C)NC1CCCC(SC)C1. The highest BCUT2D eigenvalue weighted by Crippen LogP contribution is 2.30. The van der Waals surface area contributed by atoms with Crippen LogP contribution in [-0.4, -0.2) is 24.2 Å². The fourth-order valence-corrected chi connectivity index (χ4v) is 3.91. The molecule has 0 spiro atoms. The van der Waals surface area contributed by atoms with E-state index in [1.54, 1.807) is 0 Å². The zero-order valence-electron chi connectivity index (χ0n) is 12.9. The standard InChI is InChI=1S/C17H27NOS/c1-4-19-17-11-6-5-10-16(17)13(2)18-14-8-7-9-15(12-14)20-3/h5-6,10-11,13-15,18H,4,7-9,12H2,1-3H3. The first-order valence-electron chi connectivity index (χ1n) is 7.75. The average molecular weight is 293 g/mol. The number of hydrogen-bond donors (Lipinski definition) is 1. The van der Waals surface area contributed by atoms with Crippen molar-refractivity contribution in [2.75, 3.05) is 12.9 Å². The predicted molar refractivity (Wildman–Crippen MR) is 88.7 cm³/mol. The minimum atomic E-state index is 0.350. The number of para-hydroxylation sites is 1. The van der Waals surface area contributed by atoms with Gasteiger partial charge in [-0.05, 0) is 45.4 Å². The summed E-state index contributed by atoms with van der Waals surface area (Å²) in [6.07, 6.45) is 7.56. The van der Waals surface area contributed by atoms with E-state index in [9.17, 15) is 0 Å². The maximum Gasteiger partial charge on any atom is 0.124 e. The molecule has 3 heteroatoms. The number of rotatable bonds is 6. The van der Waals surface area contributed by atoms with E-state index in [4.69, 9.17) is 4.74 Å². The number of benzene rings is 1. The number of ether oxygens (including phenoxy) is 1. The van der Waals surface area contributed by atoms with Gasteiger partial charge >= 0.3 is 0 Å². The Morgan fingerprint density at radius 1 is 1.35 bits per heavy atom. The Balaban J connectivity index is 1.99. The first-order valence-corrected chi connectivity index (χ1v) is 9.04. The molecule has 1 aromatic rings. The first-order chi connectivity index (χ1) is 9.74. The Morgan fingerprint density at radius 3 is 2.90 bits per heavy atom. The Labute approximate surface area is 127 Å². The van der Waals surface area contributed by atoms with Crippen molar-refractivity contribution in [2.45, 2.75) is 56.9 Å². The van der Waals surface area contributed by atoms with Gasteiger partial charge in [-0.2, -0.15) is 11.8 Å². The van der Waals surface area contributed by atoms with Gasteiger partial charge in [0.05, 0.1) is 6.61 Å². The maximum atomic E-state index is 5.75. The molecule has 0 bridgehead atoms. The molecular weight excluding hydrogens is 266 g/mol. The molecule has 1 aliphatic carbocycles. The second kappa shape index (κ2) is 7.94. The van der Waals surface area contributed by atoms with Gasteiger partial charge in [-0.15, -0.1) is 0 Å². The predicted octanol–water partition coefficient (Wildman–Crippen LogP) is 4.41. The Morgan fingerprint density at radius 2 is 2.15 bits per heavy atom. The lowest BCUT2D eigenvalue weighted by atomic mass is 9.93. The average Bonchev–Trinajstić information content (AvgIpc) is 2.48. The second-order valence-electron chi connectivity index (χ2n) is 5.58. The van der Waals surface area contributed by atoms with E-state index in [-0.39, 0.29) is 0 Å². The van der Waals surface area contributed by atoms with Crippen LogP contribution in [-0.2, 0) is 0 Å². The van der Waals surface area contributed by atoms with Crippen LogP contribution in [0.2, 0.25) is 0 Å². The minimum Gasteiger partial charge on any atom is -0.494 e. The Kier molecular flexibility index (Phi) is 6.24. The highest BCUT2D eigenvalue weighted by molar-refractivity contribution is 7.99. The molecule has 2 rings (SSSR count). The summed E-state index contributed by atoms with van der Waals surface area (Å²) in [5, 5.41) is 4.63. The summed E-state index contributed by atoms with van der Waals surface area (Å²) in [6, 6.07) is 9.39. The van der Waals surface area contributed by atoms with Gasteiger partial charge in [0.1, 0.15) is 5.75 Å². The summed E-state index contributed by atoms with van der Waals surface area (Å²) in [7, 11) is 0. The van der Waals surface area contributed by atoms with E-state index in [2.05, 4.69) is 36.7 Å². The molecule has 0 radical (unpaired) electrons. The van der Waals surface area contributed by atoms with Crippen LogP contribution in [0.5, 0.6) is 5.75 Å². The van der Waals surface area contributed by atoms with Gasteiger partial charge in [0, 0.05) is 22.9 Å². The highest BCUT2D eigenvalue weighted by Gasteiger charge is 2.23. The van der Waals surface area contributed by atoms with Gasteiger partial charge < -0.3 is 10.1 Å². The number of nitrogens with one attached hydrogen (secondary N) is 1. The van der Waals surface area contributed by atoms with Gasteiger partial charge in [0.2, 0.25) is 0 Å². The third-order valence-electron chi connectivity index (χ3n) is 4.13. The van der Waals surface area contributed by atoms with Crippen LogP contribution >= 0.6 is 11.8 Å². The summed E-state index contributed by atoms with van der Waals surface area (Å²) in [6.45, 7) is 5.02. The van der Waals surface area contributed by atoms with Crippen molar-refractivity contribution in [1.82, 2.24) is 5.32 Å². The van der Waals surface area contributed by atoms with E-state index in [0.717, 1.165) is 17.6 Å². The third-order valence-corrected chi connectivity index (χ3v) is 5.23. The normalized spacial score (nSPS) is 24.4. The molecule has 2 nitrogen and oxygen atoms in total. The van der Waals surface area contributed by atoms with Gasteiger partial charge in [0.15, 0.2) is 0 Å². The summed E-state index contributed by atoms with van der Waals surface area (Å²) in [4.78, 5) is 0. The van der Waals surface area contributed by atoms with Crippen LogP contribution in [0.1, 0.15) is 51.1 Å². The zero-order chi connectivity index (χ0) is 14.4. The molecule has 3 atom stereocenters. The lowest BCUT2D eigenvalue weighted by molar-refractivity contribution is 0.320. The van der Waals surface area contributed by atoms with Crippen LogP contribution in [0.15, 0.2) is 24.3 Å². The molecule has 0 aliphatic heterocycles. The van der Waals surface area contributed by atoms with Crippen LogP contribution in [0.4, 0.5) is 0 Å². The topological polar surface area (TPSA) is 21.3 Å². The van der Waals surface area contributed by atoms with Gasteiger partial charge in [-0.3, -0.25) is 0 Å². The van der Waals surface area contributed by atoms with Crippen LogP contribution in [0.3, 0.4) is 0 Å². The van der Waals surface area contributed by atoms with Crippen molar-refractivity contribution < 1.29 is 4.74 Å². The monoisotopic (exact) mass is 293 g/mol. The minimum absolute atomic E-state index is 0.350. The third kappa shape index (κ3) is 4.16. The van der Waals surface area contributed by atoms with E-state index in [1.165, 1.54) is 31.2 Å². The second-order valence-corrected chi connectivity index (χ2v) is 6.72. The molecule has 1 N–H and O–H groups in total. The molecule has 0 aromatic heterocycles. The van der Waals surface area contributed by atoms with Gasteiger partial charge in [-0.25, -0.2) is 0 Å². The maximum absolute atomic E-state index is 5.75. The summed E-state index contributed by atoms with van der Waals surface area (Å²) in [5.74, 6) is 1.02. The van der Waals surface area contributed by atoms with Crippen molar-refractivity contribution in [3.05, 3.63) is 29.8 Å². The van der Waals surface area contributed by atoms with E-state index >= 15 is 0 Å². The lowest BCUT2D eigenvalue weighted by Crippen LogP contribution is -2.36. The summed E-state index contributed by atoms with van der Waals surface area (Å²) in [5.41, 5.74) is 1.28. The molecule has 0 amide bonds. The largest absolute Gasteiger partial charge is 0.494 e. The Hall–Kier alpha value is -0.670. The fourth-order valence-electron chi connectivity index (χ4n) is 3.08. The fraction of sp³-hybridized carbons (Fsp3) is 0.647. The van der Waals surface area contributed by atoms with Crippen LogP contribution in [0, 0.1) is 0 Å². The highest BCUT2D eigenvalue weighted by atomic mass is 32.2. The van der Waals surface area contributed by atoms with E-state index in [0.29, 0.717) is 12.1 Å². The molecule has 3 unspecified atom stereocenters. The van der Waals surface area contributed by atoms with Crippen molar-refractivity contribution >= 4 is 11.8 Å².